The van der Waals surface area contributed by atoms with Gasteiger partial charge in [0.25, 0.3) is 0 Å². The van der Waals surface area contributed by atoms with Crippen molar-refractivity contribution in [2.24, 2.45) is 5.73 Å². The molecule has 0 aliphatic carbocycles. The van der Waals surface area contributed by atoms with Crippen molar-refractivity contribution < 1.29 is 27.5 Å². The van der Waals surface area contributed by atoms with E-state index >= 15 is 0 Å². The lowest BCUT2D eigenvalue weighted by atomic mass is 10.1. The highest BCUT2D eigenvalue weighted by Gasteiger charge is 2.26. The molecule has 3 N–H and O–H groups in total. The number of methoxy groups -OCH3 is 2. The molecule has 0 radical (unpaired) electrons. The van der Waals surface area contributed by atoms with E-state index in [2.05, 4.69) is 14.2 Å². The Labute approximate surface area is 128 Å². The van der Waals surface area contributed by atoms with Gasteiger partial charge >= 0.3 is 11.9 Å². The highest BCUT2D eigenvalue weighted by molar-refractivity contribution is 7.89. The third-order valence-corrected chi connectivity index (χ3v) is 4.44. The standard InChI is InChI=1S/C13H18N2O6S/c1-8(7-14)15-22(18,19)11-6-9(12(16)20-2)4-5-10(11)13(17)21-3/h4-6,8,15H,7,14H2,1-3H3/t8-/m0/s1. The van der Waals surface area contributed by atoms with Gasteiger partial charge in [-0.3, -0.25) is 0 Å². The minimum atomic E-state index is -4.06. The highest BCUT2D eigenvalue weighted by atomic mass is 32.2. The molecule has 1 rings (SSSR count). The minimum Gasteiger partial charge on any atom is -0.465 e. The number of carbonyl (C=O) groups is 2. The van der Waals surface area contributed by atoms with E-state index in [-0.39, 0.29) is 22.6 Å². The van der Waals surface area contributed by atoms with Crippen molar-refractivity contribution in [3.05, 3.63) is 29.3 Å². The van der Waals surface area contributed by atoms with Crippen molar-refractivity contribution in [1.82, 2.24) is 4.72 Å². The normalized spacial score (nSPS) is 12.5. The van der Waals surface area contributed by atoms with Gasteiger partial charge in [0.1, 0.15) is 0 Å². The first-order valence-electron chi connectivity index (χ1n) is 6.30. The maximum atomic E-state index is 12.4. The Kier molecular flexibility index (Phi) is 6.03. The number of hydrogen-bond acceptors (Lipinski definition) is 7. The van der Waals surface area contributed by atoms with Crippen LogP contribution >= 0.6 is 0 Å². The molecule has 8 nitrogen and oxygen atoms in total. The molecule has 0 aliphatic rings. The number of benzene rings is 1. The molecular weight excluding hydrogens is 312 g/mol. The van der Waals surface area contributed by atoms with Gasteiger partial charge in [-0.1, -0.05) is 0 Å². The maximum absolute atomic E-state index is 12.4. The minimum absolute atomic E-state index is 0.00377. The molecule has 0 aromatic heterocycles. The van der Waals surface area contributed by atoms with Gasteiger partial charge in [0, 0.05) is 12.6 Å². The summed E-state index contributed by atoms with van der Waals surface area (Å²) in [7, 11) is -1.77. The van der Waals surface area contributed by atoms with E-state index < -0.39 is 28.0 Å². The Bertz CT molecular complexity index is 671. The molecule has 0 amide bonds. The van der Waals surface area contributed by atoms with Gasteiger partial charge in [0.05, 0.1) is 30.2 Å². The molecule has 1 aromatic rings. The van der Waals surface area contributed by atoms with Crippen molar-refractivity contribution in [2.45, 2.75) is 17.9 Å². The predicted molar refractivity (Wildman–Crippen MR) is 78.0 cm³/mol. The van der Waals surface area contributed by atoms with Crippen LogP contribution in [-0.4, -0.2) is 47.2 Å². The maximum Gasteiger partial charge on any atom is 0.339 e. The van der Waals surface area contributed by atoms with Gasteiger partial charge in [0.15, 0.2) is 0 Å². The molecular formula is C13H18N2O6S. The fraction of sp³-hybridized carbons (Fsp3) is 0.385. The van der Waals surface area contributed by atoms with Gasteiger partial charge in [-0.25, -0.2) is 22.7 Å². The van der Waals surface area contributed by atoms with E-state index in [9.17, 15) is 18.0 Å². The largest absolute Gasteiger partial charge is 0.465 e. The van der Waals surface area contributed by atoms with E-state index in [4.69, 9.17) is 5.73 Å². The monoisotopic (exact) mass is 330 g/mol. The van der Waals surface area contributed by atoms with Crippen LogP contribution in [0.2, 0.25) is 0 Å². The average molecular weight is 330 g/mol. The summed E-state index contributed by atoms with van der Waals surface area (Å²) in [6.07, 6.45) is 0. The molecule has 22 heavy (non-hydrogen) atoms. The van der Waals surface area contributed by atoms with Gasteiger partial charge in [0.2, 0.25) is 10.0 Å². The zero-order chi connectivity index (χ0) is 16.9. The van der Waals surface area contributed by atoms with Gasteiger partial charge in [-0.05, 0) is 25.1 Å². The fourth-order valence-corrected chi connectivity index (χ4v) is 3.12. The SMILES string of the molecule is COC(=O)c1ccc(C(=O)OC)c(S(=O)(=O)N[C@@H](C)CN)c1. The zero-order valence-corrected chi connectivity index (χ0v) is 13.3. The summed E-state index contributed by atoms with van der Waals surface area (Å²) in [6, 6.07) is 2.99. The van der Waals surface area contributed by atoms with Crippen LogP contribution in [0.5, 0.6) is 0 Å². The van der Waals surface area contributed by atoms with E-state index in [0.717, 1.165) is 13.2 Å². The first-order chi connectivity index (χ1) is 10.3. The quantitative estimate of drug-likeness (QED) is 0.697. The van der Waals surface area contributed by atoms with Gasteiger partial charge in [-0.2, -0.15) is 0 Å². The van der Waals surface area contributed by atoms with Crippen LogP contribution in [0.15, 0.2) is 23.1 Å². The van der Waals surface area contributed by atoms with Crippen molar-refractivity contribution >= 4 is 22.0 Å². The molecule has 0 saturated carbocycles. The Balaban J connectivity index is 3.45. The number of hydrogen-bond donors (Lipinski definition) is 2. The number of ether oxygens (including phenoxy) is 2. The van der Waals surface area contributed by atoms with Crippen LogP contribution in [-0.2, 0) is 19.5 Å². The Morgan fingerprint density at radius 2 is 1.82 bits per heavy atom. The molecule has 122 valence electrons. The van der Waals surface area contributed by atoms with Crippen LogP contribution in [0.4, 0.5) is 0 Å². The topological polar surface area (TPSA) is 125 Å². The molecule has 0 spiro atoms. The first kappa shape index (κ1) is 18.1. The molecule has 0 heterocycles. The van der Waals surface area contributed by atoms with Crippen LogP contribution in [0.1, 0.15) is 27.6 Å². The fourth-order valence-electron chi connectivity index (χ4n) is 1.64. The highest BCUT2D eigenvalue weighted by Crippen LogP contribution is 2.20. The number of esters is 2. The second-order valence-corrected chi connectivity index (χ2v) is 6.13. The number of carbonyl (C=O) groups excluding carboxylic acids is 2. The molecule has 0 bridgehead atoms. The summed E-state index contributed by atoms with van der Waals surface area (Å²) >= 11 is 0. The second kappa shape index (κ2) is 7.34. The molecule has 0 unspecified atom stereocenters. The number of rotatable bonds is 6. The smallest absolute Gasteiger partial charge is 0.339 e. The molecule has 9 heteroatoms. The molecule has 1 atom stereocenters. The third kappa shape index (κ3) is 4.03. The van der Waals surface area contributed by atoms with E-state index in [1.807, 2.05) is 0 Å². The van der Waals surface area contributed by atoms with E-state index in [1.54, 1.807) is 6.92 Å². The summed E-state index contributed by atoms with van der Waals surface area (Å²) in [6.45, 7) is 1.64. The third-order valence-electron chi connectivity index (χ3n) is 2.81. The van der Waals surface area contributed by atoms with Crippen molar-refractivity contribution in [1.29, 1.82) is 0 Å². The molecule has 0 saturated heterocycles. The summed E-state index contributed by atoms with van der Waals surface area (Å²) < 4.78 is 36.2. The van der Waals surface area contributed by atoms with E-state index in [0.29, 0.717) is 0 Å². The molecule has 0 aliphatic heterocycles. The first-order valence-corrected chi connectivity index (χ1v) is 7.78. The lowest BCUT2D eigenvalue weighted by molar-refractivity contribution is 0.0583. The number of nitrogens with one attached hydrogen (secondary N) is 1. The summed E-state index contributed by atoms with van der Waals surface area (Å²) in [5.74, 6) is -1.56. The van der Waals surface area contributed by atoms with Crippen molar-refractivity contribution in [3.8, 4) is 0 Å². The second-order valence-electron chi connectivity index (χ2n) is 4.45. The predicted octanol–water partition coefficient (Wildman–Crippen LogP) is -0.115. The van der Waals surface area contributed by atoms with Crippen LogP contribution < -0.4 is 10.5 Å². The Morgan fingerprint density at radius 1 is 1.23 bits per heavy atom. The number of sulfonamides is 1. The van der Waals surface area contributed by atoms with Crippen LogP contribution in [0, 0.1) is 0 Å². The summed E-state index contributed by atoms with van der Waals surface area (Å²) in [5, 5.41) is 0. The molecule has 0 fully saturated rings. The Hall–Kier alpha value is -1.97. The van der Waals surface area contributed by atoms with Gasteiger partial charge in [-0.15, -0.1) is 0 Å². The average Bonchev–Trinajstić information content (AvgIpc) is 2.52. The summed E-state index contributed by atoms with van der Waals surface area (Å²) in [5.41, 5.74) is 5.20. The van der Waals surface area contributed by atoms with Crippen molar-refractivity contribution in [3.63, 3.8) is 0 Å². The van der Waals surface area contributed by atoms with Crippen LogP contribution in [0.25, 0.3) is 0 Å². The summed E-state index contributed by atoms with van der Waals surface area (Å²) in [4.78, 5) is 22.9. The lowest BCUT2D eigenvalue weighted by Crippen LogP contribution is -2.38. The lowest BCUT2D eigenvalue weighted by Gasteiger charge is -2.15. The van der Waals surface area contributed by atoms with Crippen molar-refractivity contribution in [2.75, 3.05) is 20.8 Å². The Morgan fingerprint density at radius 3 is 2.32 bits per heavy atom. The zero-order valence-electron chi connectivity index (χ0n) is 12.5. The van der Waals surface area contributed by atoms with Crippen LogP contribution in [0.3, 0.4) is 0 Å². The van der Waals surface area contributed by atoms with Gasteiger partial charge < -0.3 is 15.2 Å². The molecule has 1 aromatic carbocycles. The van der Waals surface area contributed by atoms with E-state index in [1.165, 1.54) is 19.2 Å². The number of nitrogens with two attached hydrogens (primary N) is 1.